The highest BCUT2D eigenvalue weighted by Crippen LogP contribution is 2.25. The van der Waals surface area contributed by atoms with Gasteiger partial charge in [-0.05, 0) is 30.5 Å². The quantitative estimate of drug-likeness (QED) is 0.692. The predicted octanol–water partition coefficient (Wildman–Crippen LogP) is 3.64. The van der Waals surface area contributed by atoms with Crippen molar-refractivity contribution in [2.75, 3.05) is 26.7 Å². The van der Waals surface area contributed by atoms with Gasteiger partial charge in [-0.3, -0.25) is 9.59 Å². The third-order valence-corrected chi connectivity index (χ3v) is 5.33. The summed E-state index contributed by atoms with van der Waals surface area (Å²) in [4.78, 5) is 27.2. The van der Waals surface area contributed by atoms with Crippen LogP contribution < -0.4 is 10.1 Å². The number of nitrogens with zero attached hydrogens (tertiary/aromatic N) is 1. The molecule has 2 unspecified atom stereocenters. The molecule has 1 N–H and O–H groups in total. The number of likely N-dealkylation sites (tertiary alicyclic amines) is 1. The molecule has 2 amide bonds. The van der Waals surface area contributed by atoms with Crippen LogP contribution in [0, 0.1) is 5.92 Å². The van der Waals surface area contributed by atoms with Crippen LogP contribution in [-0.2, 0) is 9.53 Å². The largest absolute Gasteiger partial charge is 0.434 e. The number of hydrogen-bond donors (Lipinski definition) is 1. The number of carbonyl (C=O) groups is 2. The van der Waals surface area contributed by atoms with E-state index in [2.05, 4.69) is 10.1 Å². The zero-order chi connectivity index (χ0) is 22.2. The Morgan fingerprint density at radius 1 is 1.13 bits per heavy atom. The highest BCUT2D eigenvalue weighted by atomic mass is 19.3. The molecule has 0 bridgehead atoms. The van der Waals surface area contributed by atoms with E-state index >= 15 is 0 Å². The zero-order valence-electron chi connectivity index (χ0n) is 17.3. The molecule has 0 spiro atoms. The number of amides is 2. The third kappa shape index (κ3) is 6.01. The number of alkyl halides is 2. The van der Waals surface area contributed by atoms with Gasteiger partial charge in [-0.15, -0.1) is 0 Å². The van der Waals surface area contributed by atoms with Gasteiger partial charge in [0.2, 0.25) is 5.91 Å². The average molecular weight is 432 g/mol. The topological polar surface area (TPSA) is 67.9 Å². The second kappa shape index (κ2) is 10.9. The van der Waals surface area contributed by atoms with Crippen molar-refractivity contribution >= 4 is 11.8 Å². The minimum Gasteiger partial charge on any atom is -0.434 e. The Hall–Kier alpha value is -3.00. The second-order valence-electron chi connectivity index (χ2n) is 7.35. The molecule has 6 nitrogen and oxygen atoms in total. The van der Waals surface area contributed by atoms with Gasteiger partial charge in [-0.1, -0.05) is 42.5 Å². The van der Waals surface area contributed by atoms with E-state index in [1.54, 1.807) is 13.2 Å². The number of piperidine rings is 1. The maximum Gasteiger partial charge on any atom is 0.387 e. The lowest BCUT2D eigenvalue weighted by Gasteiger charge is -2.32. The van der Waals surface area contributed by atoms with Crippen molar-refractivity contribution in [3.8, 4) is 5.75 Å². The van der Waals surface area contributed by atoms with Gasteiger partial charge in [0, 0.05) is 26.7 Å². The summed E-state index contributed by atoms with van der Waals surface area (Å²) in [6.45, 7) is -2.03. The van der Waals surface area contributed by atoms with Crippen LogP contribution in [0.5, 0.6) is 5.75 Å². The fourth-order valence-corrected chi connectivity index (χ4v) is 3.73. The molecule has 1 aliphatic heterocycles. The van der Waals surface area contributed by atoms with Crippen LogP contribution in [-0.4, -0.2) is 50.1 Å². The summed E-state index contributed by atoms with van der Waals surface area (Å²) in [6.07, 6.45) is 1.02. The lowest BCUT2D eigenvalue weighted by Crippen LogP contribution is -2.46. The summed E-state index contributed by atoms with van der Waals surface area (Å²) < 4.78 is 35.3. The molecule has 3 rings (SSSR count). The lowest BCUT2D eigenvalue weighted by atomic mass is 9.96. The molecular weight excluding hydrogens is 406 g/mol. The van der Waals surface area contributed by atoms with E-state index < -0.39 is 12.5 Å². The van der Waals surface area contributed by atoms with Crippen molar-refractivity contribution in [1.29, 1.82) is 0 Å². The van der Waals surface area contributed by atoms with Crippen LogP contribution >= 0.6 is 0 Å². The first-order valence-corrected chi connectivity index (χ1v) is 10.2. The van der Waals surface area contributed by atoms with Crippen molar-refractivity contribution < 1.29 is 27.8 Å². The van der Waals surface area contributed by atoms with Crippen molar-refractivity contribution in [1.82, 2.24) is 10.2 Å². The van der Waals surface area contributed by atoms with Crippen LogP contribution in [0.4, 0.5) is 8.78 Å². The number of nitrogens with one attached hydrogen (secondary N) is 1. The van der Waals surface area contributed by atoms with Crippen molar-refractivity contribution in [3.63, 3.8) is 0 Å². The Morgan fingerprint density at radius 2 is 1.84 bits per heavy atom. The number of hydrogen-bond acceptors (Lipinski definition) is 4. The van der Waals surface area contributed by atoms with Crippen LogP contribution in [0.25, 0.3) is 0 Å². The van der Waals surface area contributed by atoms with Gasteiger partial charge in [0.15, 0.2) is 0 Å². The number of benzene rings is 2. The molecule has 1 heterocycles. The van der Waals surface area contributed by atoms with Crippen molar-refractivity contribution in [2.45, 2.75) is 25.6 Å². The predicted molar refractivity (Wildman–Crippen MR) is 111 cm³/mol. The first-order chi connectivity index (χ1) is 15.0. The zero-order valence-corrected chi connectivity index (χ0v) is 17.3. The monoisotopic (exact) mass is 432 g/mol. The molecule has 166 valence electrons. The van der Waals surface area contributed by atoms with Crippen LogP contribution in [0.3, 0.4) is 0 Å². The van der Waals surface area contributed by atoms with E-state index in [0.29, 0.717) is 25.9 Å². The number of ether oxygens (including phenoxy) is 2. The first-order valence-electron chi connectivity index (χ1n) is 10.2. The SMILES string of the molecule is COC(CNC(=O)C1CCCN(C(=O)c2ccccc2OC(F)F)C1)c1ccccc1. The fourth-order valence-electron chi connectivity index (χ4n) is 3.73. The molecule has 1 fully saturated rings. The molecule has 2 aromatic rings. The first kappa shape index (κ1) is 22.7. The molecule has 0 saturated carbocycles. The highest BCUT2D eigenvalue weighted by molar-refractivity contribution is 5.97. The Labute approximate surface area is 180 Å². The lowest BCUT2D eigenvalue weighted by molar-refractivity contribution is -0.126. The number of carbonyl (C=O) groups excluding carboxylic acids is 2. The van der Waals surface area contributed by atoms with Crippen molar-refractivity contribution in [3.05, 3.63) is 65.7 Å². The summed E-state index contributed by atoms with van der Waals surface area (Å²) in [5.74, 6) is -1.13. The van der Waals surface area contributed by atoms with Crippen molar-refractivity contribution in [2.24, 2.45) is 5.92 Å². The smallest absolute Gasteiger partial charge is 0.387 e. The van der Waals surface area contributed by atoms with Gasteiger partial charge >= 0.3 is 6.61 Å². The molecule has 31 heavy (non-hydrogen) atoms. The van der Waals surface area contributed by atoms with Gasteiger partial charge in [0.1, 0.15) is 5.75 Å². The molecule has 0 aliphatic carbocycles. The Bertz CT molecular complexity index is 879. The number of para-hydroxylation sites is 1. The highest BCUT2D eigenvalue weighted by Gasteiger charge is 2.30. The van der Waals surface area contributed by atoms with E-state index in [-0.39, 0.29) is 35.8 Å². The molecule has 1 saturated heterocycles. The van der Waals surface area contributed by atoms with E-state index in [1.165, 1.54) is 23.1 Å². The van der Waals surface area contributed by atoms with E-state index in [9.17, 15) is 18.4 Å². The second-order valence-corrected chi connectivity index (χ2v) is 7.35. The van der Waals surface area contributed by atoms with Gasteiger partial charge in [-0.2, -0.15) is 8.78 Å². The average Bonchev–Trinajstić information content (AvgIpc) is 2.79. The molecule has 2 aromatic carbocycles. The molecule has 8 heteroatoms. The summed E-state index contributed by atoms with van der Waals surface area (Å²) >= 11 is 0. The maximum atomic E-state index is 12.9. The van der Waals surface area contributed by atoms with Crippen LogP contribution in [0.2, 0.25) is 0 Å². The Balaban J connectivity index is 1.61. The van der Waals surface area contributed by atoms with Gasteiger partial charge in [0.05, 0.1) is 17.6 Å². The van der Waals surface area contributed by atoms with E-state index in [4.69, 9.17) is 4.74 Å². The summed E-state index contributed by atoms with van der Waals surface area (Å²) in [5.41, 5.74) is 1.02. The number of methoxy groups -OCH3 is 1. The molecule has 2 atom stereocenters. The number of halogens is 2. The Morgan fingerprint density at radius 3 is 2.55 bits per heavy atom. The third-order valence-electron chi connectivity index (χ3n) is 5.33. The summed E-state index contributed by atoms with van der Waals surface area (Å²) in [5, 5.41) is 2.91. The molecule has 1 aliphatic rings. The summed E-state index contributed by atoms with van der Waals surface area (Å²) in [7, 11) is 1.59. The van der Waals surface area contributed by atoms with Gasteiger partial charge in [-0.25, -0.2) is 0 Å². The van der Waals surface area contributed by atoms with E-state index in [1.807, 2.05) is 30.3 Å². The fraction of sp³-hybridized carbons (Fsp3) is 0.391. The molecule has 0 aromatic heterocycles. The summed E-state index contributed by atoms with van der Waals surface area (Å²) in [6, 6.07) is 15.5. The van der Waals surface area contributed by atoms with Crippen LogP contribution in [0.15, 0.2) is 54.6 Å². The standard InChI is InChI=1S/C23H26F2N2O4/c1-30-20(16-8-3-2-4-9-16)14-26-21(28)17-10-7-13-27(15-17)22(29)18-11-5-6-12-19(18)31-23(24)25/h2-6,8-9,11-12,17,20,23H,7,10,13-15H2,1H3,(H,26,28). The normalized spacial score (nSPS) is 17.3. The van der Waals surface area contributed by atoms with Gasteiger partial charge in [0.25, 0.3) is 5.91 Å². The van der Waals surface area contributed by atoms with Gasteiger partial charge < -0.3 is 19.7 Å². The van der Waals surface area contributed by atoms with E-state index in [0.717, 1.165) is 5.56 Å². The number of rotatable bonds is 8. The molecule has 0 radical (unpaired) electrons. The maximum absolute atomic E-state index is 12.9. The Kier molecular flexibility index (Phi) is 7.94. The van der Waals surface area contributed by atoms with Crippen LogP contribution in [0.1, 0.15) is 34.9 Å². The minimum absolute atomic E-state index is 0.0624. The minimum atomic E-state index is -3.02. The molecular formula is C23H26F2N2O4.